The molecular formula is C24H18ClFN2O4S. The summed E-state index contributed by atoms with van der Waals surface area (Å²) in [7, 11) is 2.89. The van der Waals surface area contributed by atoms with Crippen molar-refractivity contribution in [2.75, 3.05) is 24.9 Å². The van der Waals surface area contributed by atoms with E-state index in [0.29, 0.717) is 38.5 Å². The minimum Gasteiger partial charge on any atom is -0.494 e. The molecule has 0 fully saturated rings. The molecule has 9 heteroatoms. The van der Waals surface area contributed by atoms with E-state index < -0.39 is 11.7 Å². The molecule has 0 bridgehead atoms. The van der Waals surface area contributed by atoms with E-state index in [9.17, 15) is 14.0 Å². The molecule has 3 aromatic carbocycles. The fourth-order valence-electron chi connectivity index (χ4n) is 3.24. The molecule has 1 aromatic heterocycles. The number of benzene rings is 3. The van der Waals surface area contributed by atoms with Gasteiger partial charge in [0.25, 0.3) is 11.8 Å². The molecule has 0 spiro atoms. The van der Waals surface area contributed by atoms with Crippen molar-refractivity contribution in [2.24, 2.45) is 0 Å². The summed E-state index contributed by atoms with van der Waals surface area (Å²) in [4.78, 5) is 25.8. The van der Waals surface area contributed by atoms with Gasteiger partial charge in [0.15, 0.2) is 0 Å². The van der Waals surface area contributed by atoms with Crippen LogP contribution in [0.5, 0.6) is 11.5 Å². The molecule has 0 unspecified atom stereocenters. The summed E-state index contributed by atoms with van der Waals surface area (Å²) in [5.41, 5.74) is 1.17. The summed E-state index contributed by atoms with van der Waals surface area (Å²) in [6.07, 6.45) is 0. The molecule has 168 valence electrons. The highest BCUT2D eigenvalue weighted by molar-refractivity contribution is 7.21. The molecule has 0 aliphatic rings. The van der Waals surface area contributed by atoms with E-state index >= 15 is 0 Å². The molecular weight excluding hydrogens is 467 g/mol. The average Bonchev–Trinajstić information content (AvgIpc) is 3.15. The molecule has 2 amide bonds. The van der Waals surface area contributed by atoms with Crippen molar-refractivity contribution >= 4 is 56.2 Å². The molecule has 33 heavy (non-hydrogen) atoms. The van der Waals surface area contributed by atoms with Crippen LogP contribution in [0.2, 0.25) is 5.02 Å². The summed E-state index contributed by atoms with van der Waals surface area (Å²) < 4.78 is 24.9. The van der Waals surface area contributed by atoms with Gasteiger partial charge in [-0.25, -0.2) is 4.39 Å². The van der Waals surface area contributed by atoms with Crippen LogP contribution in [-0.2, 0) is 0 Å². The SMILES string of the molecule is COc1cc(NC(=O)c2sc3cc(F)ccc3c2Cl)c(OC)cc1NC(=O)c1ccccc1. The van der Waals surface area contributed by atoms with E-state index in [-0.39, 0.29) is 15.8 Å². The number of nitrogens with one attached hydrogen (secondary N) is 2. The number of methoxy groups -OCH3 is 2. The Morgan fingerprint density at radius 1 is 0.879 bits per heavy atom. The molecule has 0 saturated heterocycles. The molecule has 4 aromatic rings. The van der Waals surface area contributed by atoms with Crippen molar-refractivity contribution in [1.82, 2.24) is 0 Å². The third-order valence-electron chi connectivity index (χ3n) is 4.85. The maximum Gasteiger partial charge on any atom is 0.267 e. The standard InChI is InChI=1S/C24H18ClFN2O4S/c1-31-18-12-17(19(32-2)11-16(18)27-23(29)13-6-4-3-5-7-13)28-24(30)22-21(25)15-9-8-14(26)10-20(15)33-22/h3-12H,1-2H3,(H,27,29)(H,28,30). The molecule has 0 atom stereocenters. The fraction of sp³-hybridized carbons (Fsp3) is 0.0833. The maximum atomic E-state index is 13.5. The Morgan fingerprint density at radius 2 is 1.48 bits per heavy atom. The lowest BCUT2D eigenvalue weighted by molar-refractivity contribution is 0.101. The number of hydrogen-bond acceptors (Lipinski definition) is 5. The third-order valence-corrected chi connectivity index (χ3v) is 6.51. The first-order chi connectivity index (χ1) is 15.9. The number of hydrogen-bond donors (Lipinski definition) is 2. The Morgan fingerprint density at radius 3 is 2.09 bits per heavy atom. The summed E-state index contributed by atoms with van der Waals surface area (Å²) in [6.45, 7) is 0. The number of halogens is 2. The van der Waals surface area contributed by atoms with Crippen molar-refractivity contribution in [3.05, 3.63) is 81.9 Å². The van der Waals surface area contributed by atoms with Crippen LogP contribution in [0, 0.1) is 5.82 Å². The third kappa shape index (κ3) is 4.62. The van der Waals surface area contributed by atoms with Crippen molar-refractivity contribution in [3.8, 4) is 11.5 Å². The fourth-order valence-corrected chi connectivity index (χ4v) is 4.68. The second-order valence-corrected chi connectivity index (χ2v) is 8.34. The van der Waals surface area contributed by atoms with Crippen LogP contribution >= 0.6 is 22.9 Å². The van der Waals surface area contributed by atoms with Crippen LogP contribution in [0.4, 0.5) is 15.8 Å². The topological polar surface area (TPSA) is 76.7 Å². The molecule has 0 aliphatic heterocycles. The number of thiophene rings is 1. The first-order valence-electron chi connectivity index (χ1n) is 9.72. The highest BCUT2D eigenvalue weighted by Crippen LogP contribution is 2.39. The Labute approximate surface area is 197 Å². The minimum absolute atomic E-state index is 0.236. The monoisotopic (exact) mass is 484 g/mol. The highest BCUT2D eigenvalue weighted by Gasteiger charge is 2.21. The molecule has 4 rings (SSSR count). The summed E-state index contributed by atoms with van der Waals surface area (Å²) in [5.74, 6) is -0.595. The van der Waals surface area contributed by atoms with Gasteiger partial charge in [-0.1, -0.05) is 29.8 Å². The van der Waals surface area contributed by atoms with E-state index in [4.69, 9.17) is 21.1 Å². The lowest BCUT2D eigenvalue weighted by Gasteiger charge is -2.16. The van der Waals surface area contributed by atoms with Gasteiger partial charge in [-0.2, -0.15) is 0 Å². The zero-order chi connectivity index (χ0) is 23.5. The van der Waals surface area contributed by atoms with E-state index in [1.807, 2.05) is 6.07 Å². The van der Waals surface area contributed by atoms with Crippen LogP contribution in [0.1, 0.15) is 20.0 Å². The molecule has 0 radical (unpaired) electrons. The zero-order valence-corrected chi connectivity index (χ0v) is 19.1. The number of anilines is 2. The molecule has 0 aliphatic carbocycles. The van der Waals surface area contributed by atoms with E-state index in [2.05, 4.69) is 10.6 Å². The number of rotatable bonds is 6. The van der Waals surface area contributed by atoms with Gasteiger partial charge >= 0.3 is 0 Å². The van der Waals surface area contributed by atoms with Crippen LogP contribution in [0.3, 0.4) is 0 Å². The first-order valence-corrected chi connectivity index (χ1v) is 10.9. The number of amides is 2. The molecule has 1 heterocycles. The zero-order valence-electron chi connectivity index (χ0n) is 17.6. The summed E-state index contributed by atoms with van der Waals surface area (Å²) in [6, 6.07) is 16.0. The number of carbonyl (C=O) groups excluding carboxylic acids is 2. The predicted molar refractivity (Wildman–Crippen MR) is 129 cm³/mol. The van der Waals surface area contributed by atoms with Gasteiger partial charge in [0.1, 0.15) is 22.2 Å². The highest BCUT2D eigenvalue weighted by atomic mass is 35.5. The Bertz CT molecular complexity index is 1360. The lowest BCUT2D eigenvalue weighted by atomic mass is 10.2. The maximum absolute atomic E-state index is 13.5. The van der Waals surface area contributed by atoms with Gasteiger partial charge in [-0.05, 0) is 30.3 Å². The van der Waals surface area contributed by atoms with Crippen molar-refractivity contribution in [1.29, 1.82) is 0 Å². The van der Waals surface area contributed by atoms with Gasteiger partial charge in [0.05, 0.1) is 30.6 Å². The second-order valence-electron chi connectivity index (χ2n) is 6.91. The normalized spacial score (nSPS) is 10.7. The van der Waals surface area contributed by atoms with Crippen LogP contribution in [0.25, 0.3) is 10.1 Å². The van der Waals surface area contributed by atoms with Gasteiger partial charge in [0, 0.05) is 27.8 Å². The Kier molecular flexibility index (Phi) is 6.48. The van der Waals surface area contributed by atoms with E-state index in [0.717, 1.165) is 11.3 Å². The number of ether oxygens (including phenoxy) is 2. The molecule has 0 saturated carbocycles. The van der Waals surface area contributed by atoms with Crippen LogP contribution < -0.4 is 20.1 Å². The van der Waals surface area contributed by atoms with Crippen molar-refractivity contribution in [3.63, 3.8) is 0 Å². The summed E-state index contributed by atoms with van der Waals surface area (Å²) in [5, 5.41) is 6.38. The average molecular weight is 485 g/mol. The predicted octanol–water partition coefficient (Wildman–Crippen LogP) is 6.22. The van der Waals surface area contributed by atoms with Crippen LogP contribution in [0.15, 0.2) is 60.7 Å². The minimum atomic E-state index is -0.483. The van der Waals surface area contributed by atoms with E-state index in [1.165, 1.54) is 38.5 Å². The van der Waals surface area contributed by atoms with Crippen LogP contribution in [-0.4, -0.2) is 26.0 Å². The molecule has 2 N–H and O–H groups in total. The second kappa shape index (κ2) is 9.48. The van der Waals surface area contributed by atoms with Gasteiger partial charge in [-0.15, -0.1) is 11.3 Å². The van der Waals surface area contributed by atoms with Gasteiger partial charge in [-0.3, -0.25) is 9.59 Å². The smallest absolute Gasteiger partial charge is 0.267 e. The van der Waals surface area contributed by atoms with Crippen molar-refractivity contribution < 1.29 is 23.5 Å². The number of carbonyl (C=O) groups is 2. The van der Waals surface area contributed by atoms with Crippen molar-refractivity contribution in [2.45, 2.75) is 0 Å². The largest absolute Gasteiger partial charge is 0.494 e. The molecule has 6 nitrogen and oxygen atoms in total. The first kappa shape index (κ1) is 22.6. The summed E-state index contributed by atoms with van der Waals surface area (Å²) >= 11 is 7.45. The van der Waals surface area contributed by atoms with E-state index in [1.54, 1.807) is 30.3 Å². The quantitative estimate of drug-likeness (QED) is 0.341. The number of fused-ring (bicyclic) bond motifs is 1. The Balaban J connectivity index is 1.63. The van der Waals surface area contributed by atoms with Gasteiger partial charge < -0.3 is 20.1 Å². The van der Waals surface area contributed by atoms with Gasteiger partial charge in [0.2, 0.25) is 0 Å². The lowest BCUT2D eigenvalue weighted by Crippen LogP contribution is -2.14. The Hall–Kier alpha value is -3.62.